The van der Waals surface area contributed by atoms with Crippen LogP contribution in [0.25, 0.3) is 0 Å². The molecule has 2 saturated carbocycles. The molecule has 2 fully saturated rings. The van der Waals surface area contributed by atoms with Crippen molar-refractivity contribution < 1.29 is 5.11 Å². The Balaban J connectivity index is 2.17. The van der Waals surface area contributed by atoms with Crippen LogP contribution in [0.4, 0.5) is 0 Å². The summed E-state index contributed by atoms with van der Waals surface area (Å²) in [6.45, 7) is 4.21. The van der Waals surface area contributed by atoms with Crippen LogP contribution in [0.5, 0.6) is 0 Å². The third-order valence-electron chi connectivity index (χ3n) is 5.71. The molecule has 0 radical (unpaired) electrons. The van der Waals surface area contributed by atoms with E-state index < -0.39 is 11.0 Å². The van der Waals surface area contributed by atoms with E-state index >= 15 is 0 Å². The molecule has 0 aromatic rings. The summed E-state index contributed by atoms with van der Waals surface area (Å²) < 4.78 is 0. The number of aliphatic hydroxyl groups is 1. The van der Waals surface area contributed by atoms with Gasteiger partial charge in [0.15, 0.2) is 0 Å². The first-order valence-corrected chi connectivity index (χ1v) is 7.65. The van der Waals surface area contributed by atoms with Gasteiger partial charge in [-0.25, -0.2) is 0 Å². The second-order valence-electron chi connectivity index (χ2n) is 6.86. The number of nitrogens with zero attached hydrogens (tertiary/aromatic N) is 1. The minimum atomic E-state index is -0.789. The van der Waals surface area contributed by atoms with Crippen molar-refractivity contribution in [3.8, 4) is 6.07 Å². The molecule has 0 aromatic heterocycles. The molecule has 2 rings (SSSR count). The van der Waals surface area contributed by atoms with Crippen molar-refractivity contribution in [1.82, 2.24) is 0 Å². The van der Waals surface area contributed by atoms with E-state index in [-0.39, 0.29) is 0 Å². The summed E-state index contributed by atoms with van der Waals surface area (Å²) in [5, 5.41) is 20.8. The van der Waals surface area contributed by atoms with Gasteiger partial charge in [0.2, 0.25) is 0 Å². The van der Waals surface area contributed by atoms with Crippen LogP contribution < -0.4 is 0 Å². The van der Waals surface area contributed by atoms with Crippen LogP contribution in [0.1, 0.15) is 71.6 Å². The lowest BCUT2D eigenvalue weighted by Crippen LogP contribution is -2.52. The monoisotopic (exact) mass is 249 g/mol. The van der Waals surface area contributed by atoms with E-state index in [0.717, 1.165) is 38.5 Å². The first kappa shape index (κ1) is 13.9. The topological polar surface area (TPSA) is 44.0 Å². The lowest BCUT2D eigenvalue weighted by Gasteiger charge is -2.49. The van der Waals surface area contributed by atoms with Crippen LogP contribution in [-0.4, -0.2) is 10.7 Å². The summed E-state index contributed by atoms with van der Waals surface area (Å²) in [7, 11) is 0. The summed E-state index contributed by atoms with van der Waals surface area (Å²) in [6, 6.07) is 2.53. The Bertz CT molecular complexity index is 314. The highest BCUT2D eigenvalue weighted by molar-refractivity contribution is 5.13. The molecule has 2 aliphatic rings. The molecule has 102 valence electrons. The van der Waals surface area contributed by atoms with Crippen LogP contribution in [0.3, 0.4) is 0 Å². The van der Waals surface area contributed by atoms with Gasteiger partial charge in [0.25, 0.3) is 0 Å². The third kappa shape index (κ3) is 2.30. The molecule has 0 aromatic carbocycles. The van der Waals surface area contributed by atoms with Gasteiger partial charge in [0, 0.05) is 0 Å². The van der Waals surface area contributed by atoms with E-state index in [0.29, 0.717) is 11.8 Å². The first-order chi connectivity index (χ1) is 8.52. The zero-order valence-corrected chi connectivity index (χ0v) is 11.9. The summed E-state index contributed by atoms with van der Waals surface area (Å²) >= 11 is 0. The van der Waals surface area contributed by atoms with E-state index in [2.05, 4.69) is 13.0 Å². The Morgan fingerprint density at radius 2 is 1.67 bits per heavy atom. The Kier molecular flexibility index (Phi) is 4.02. The molecular weight excluding hydrogens is 222 g/mol. The molecule has 1 unspecified atom stereocenters. The Hall–Kier alpha value is -0.550. The second kappa shape index (κ2) is 5.21. The predicted molar refractivity (Wildman–Crippen MR) is 72.9 cm³/mol. The molecule has 2 heteroatoms. The van der Waals surface area contributed by atoms with E-state index in [4.69, 9.17) is 0 Å². The normalized spacial score (nSPS) is 37.8. The van der Waals surface area contributed by atoms with Crippen molar-refractivity contribution >= 4 is 0 Å². The molecule has 0 heterocycles. The first-order valence-electron chi connectivity index (χ1n) is 7.65. The molecular formula is C16H27NO. The molecule has 0 aliphatic heterocycles. The van der Waals surface area contributed by atoms with Gasteiger partial charge in [-0.2, -0.15) is 5.26 Å². The largest absolute Gasteiger partial charge is 0.388 e. The van der Waals surface area contributed by atoms with E-state index in [1.165, 1.54) is 19.3 Å². The van der Waals surface area contributed by atoms with Gasteiger partial charge in [0.05, 0.1) is 17.1 Å². The maximum absolute atomic E-state index is 11.1. The van der Waals surface area contributed by atoms with Crippen molar-refractivity contribution in [2.45, 2.75) is 77.2 Å². The zero-order chi connectivity index (χ0) is 13.2. The standard InChI is InChI=1S/C16H27NO/c1-13-8-10-16(12-17,11-9-13)15(2,18)14-6-4-3-5-7-14/h13-14,18H,3-11H2,1-2H3. The predicted octanol–water partition coefficient (Wildman–Crippen LogP) is 4.04. The summed E-state index contributed by atoms with van der Waals surface area (Å²) in [6.07, 6.45) is 9.90. The fraction of sp³-hybridized carbons (Fsp3) is 0.938. The van der Waals surface area contributed by atoms with Crippen molar-refractivity contribution in [2.24, 2.45) is 17.3 Å². The minimum Gasteiger partial charge on any atom is -0.388 e. The molecule has 0 spiro atoms. The van der Waals surface area contributed by atoms with E-state index in [1.807, 2.05) is 6.92 Å². The molecule has 0 bridgehead atoms. The van der Waals surface area contributed by atoms with Gasteiger partial charge in [-0.3, -0.25) is 0 Å². The maximum atomic E-state index is 11.1. The van der Waals surface area contributed by atoms with Gasteiger partial charge >= 0.3 is 0 Å². The van der Waals surface area contributed by atoms with Gasteiger partial charge in [-0.05, 0) is 57.3 Å². The van der Waals surface area contributed by atoms with Crippen LogP contribution in [0.2, 0.25) is 0 Å². The number of hydrogen-bond acceptors (Lipinski definition) is 2. The molecule has 0 amide bonds. The molecule has 1 N–H and O–H groups in total. The highest BCUT2D eigenvalue weighted by Crippen LogP contribution is 2.51. The average molecular weight is 249 g/mol. The summed E-state index contributed by atoms with van der Waals surface area (Å²) in [5.41, 5.74) is -1.27. The SMILES string of the molecule is CC1CCC(C#N)(C(C)(O)C2CCCCC2)CC1. The molecule has 2 aliphatic carbocycles. The van der Waals surface area contributed by atoms with Crippen LogP contribution in [0, 0.1) is 28.6 Å². The highest BCUT2D eigenvalue weighted by atomic mass is 16.3. The Morgan fingerprint density at radius 1 is 1.11 bits per heavy atom. The molecule has 0 saturated heterocycles. The summed E-state index contributed by atoms with van der Waals surface area (Å²) in [5.74, 6) is 1.05. The van der Waals surface area contributed by atoms with Gasteiger partial charge in [-0.1, -0.05) is 26.2 Å². The van der Waals surface area contributed by atoms with Gasteiger partial charge in [0.1, 0.15) is 0 Å². The number of nitriles is 1. The molecule has 2 nitrogen and oxygen atoms in total. The van der Waals surface area contributed by atoms with Crippen LogP contribution in [-0.2, 0) is 0 Å². The second-order valence-corrected chi connectivity index (χ2v) is 6.86. The van der Waals surface area contributed by atoms with Crippen LogP contribution in [0.15, 0.2) is 0 Å². The molecule has 18 heavy (non-hydrogen) atoms. The zero-order valence-electron chi connectivity index (χ0n) is 11.9. The van der Waals surface area contributed by atoms with Crippen molar-refractivity contribution in [3.05, 3.63) is 0 Å². The van der Waals surface area contributed by atoms with E-state index in [9.17, 15) is 10.4 Å². The van der Waals surface area contributed by atoms with Crippen LogP contribution >= 0.6 is 0 Å². The average Bonchev–Trinajstić information content (AvgIpc) is 2.41. The Labute approximate surface area is 111 Å². The number of rotatable bonds is 2. The fourth-order valence-corrected chi connectivity index (χ4v) is 4.04. The Morgan fingerprint density at radius 3 is 2.17 bits per heavy atom. The van der Waals surface area contributed by atoms with Crippen molar-refractivity contribution in [1.29, 1.82) is 5.26 Å². The molecule has 1 atom stereocenters. The smallest absolute Gasteiger partial charge is 0.0860 e. The van der Waals surface area contributed by atoms with Gasteiger partial charge in [-0.15, -0.1) is 0 Å². The summed E-state index contributed by atoms with van der Waals surface area (Å²) in [4.78, 5) is 0. The van der Waals surface area contributed by atoms with E-state index in [1.54, 1.807) is 0 Å². The van der Waals surface area contributed by atoms with Gasteiger partial charge < -0.3 is 5.11 Å². The quantitative estimate of drug-likeness (QED) is 0.802. The fourth-order valence-electron chi connectivity index (χ4n) is 4.04. The third-order valence-corrected chi connectivity index (χ3v) is 5.71. The lowest BCUT2D eigenvalue weighted by atomic mass is 9.57. The minimum absolute atomic E-state index is 0.333. The highest BCUT2D eigenvalue weighted by Gasteiger charge is 2.52. The maximum Gasteiger partial charge on any atom is 0.0860 e. The van der Waals surface area contributed by atoms with Crippen molar-refractivity contribution in [2.75, 3.05) is 0 Å². The van der Waals surface area contributed by atoms with Crippen molar-refractivity contribution in [3.63, 3.8) is 0 Å². The lowest BCUT2D eigenvalue weighted by molar-refractivity contribution is -0.114. The number of hydrogen-bond donors (Lipinski definition) is 1.